The van der Waals surface area contributed by atoms with E-state index in [9.17, 15) is 0 Å². The van der Waals surface area contributed by atoms with Crippen molar-refractivity contribution in [1.29, 1.82) is 0 Å². The molecule has 1 heterocycles. The van der Waals surface area contributed by atoms with Gasteiger partial charge in [0, 0.05) is 18.5 Å². The minimum atomic E-state index is 0.682. The summed E-state index contributed by atoms with van der Waals surface area (Å²) in [5, 5.41) is 11.8. The van der Waals surface area contributed by atoms with Crippen LogP contribution in [0.5, 0.6) is 0 Å². The molecule has 4 nitrogen and oxygen atoms in total. The van der Waals surface area contributed by atoms with Crippen molar-refractivity contribution in [3.8, 4) is 0 Å². The Balaban J connectivity index is 1.90. The molecule has 0 atom stereocenters. The Morgan fingerprint density at radius 3 is 2.76 bits per heavy atom. The quantitative estimate of drug-likeness (QED) is 0.798. The lowest BCUT2D eigenvalue weighted by Crippen LogP contribution is -2.18. The summed E-state index contributed by atoms with van der Waals surface area (Å²) in [6.45, 7) is 8.40. The van der Waals surface area contributed by atoms with Crippen molar-refractivity contribution in [2.45, 2.75) is 38.0 Å². The highest BCUT2D eigenvalue weighted by molar-refractivity contribution is 7.98. The fourth-order valence-corrected chi connectivity index (χ4v) is 2.93. The molecule has 0 aliphatic heterocycles. The maximum Gasteiger partial charge on any atom is 0.143 e. The molecular weight excluding hydrogens is 280 g/mol. The standard InChI is InChI=1S/C16H24N4S/c1-12(2)9-17-10-14-6-5-7-15(8-14)21-11-16-19-18-13(3)20(16)4/h5-8,12,17H,9-11H2,1-4H3. The van der Waals surface area contributed by atoms with Gasteiger partial charge in [0.05, 0.1) is 5.75 Å². The van der Waals surface area contributed by atoms with Gasteiger partial charge in [-0.1, -0.05) is 26.0 Å². The number of nitrogens with zero attached hydrogens (tertiary/aromatic N) is 3. The van der Waals surface area contributed by atoms with Crippen LogP contribution in [0.15, 0.2) is 29.2 Å². The summed E-state index contributed by atoms with van der Waals surface area (Å²) in [6.07, 6.45) is 0. The first-order chi connectivity index (χ1) is 10.1. The first-order valence-electron chi connectivity index (χ1n) is 7.33. The minimum Gasteiger partial charge on any atom is -0.318 e. The lowest BCUT2D eigenvalue weighted by molar-refractivity contribution is 0.552. The van der Waals surface area contributed by atoms with Gasteiger partial charge in [0.1, 0.15) is 11.6 Å². The molecule has 0 unspecified atom stereocenters. The van der Waals surface area contributed by atoms with Crippen molar-refractivity contribution in [3.05, 3.63) is 41.5 Å². The third-order valence-electron chi connectivity index (χ3n) is 3.33. The summed E-state index contributed by atoms with van der Waals surface area (Å²) in [4.78, 5) is 1.28. The zero-order valence-electron chi connectivity index (χ0n) is 13.3. The molecule has 114 valence electrons. The first-order valence-corrected chi connectivity index (χ1v) is 8.32. The number of hydrogen-bond donors (Lipinski definition) is 1. The van der Waals surface area contributed by atoms with Gasteiger partial charge in [-0.3, -0.25) is 0 Å². The van der Waals surface area contributed by atoms with E-state index in [1.54, 1.807) is 11.8 Å². The molecule has 2 rings (SSSR count). The van der Waals surface area contributed by atoms with Gasteiger partial charge in [0.15, 0.2) is 0 Å². The molecule has 0 aliphatic rings. The molecule has 0 fully saturated rings. The van der Waals surface area contributed by atoms with Crippen LogP contribution in [0.1, 0.15) is 31.1 Å². The fourth-order valence-electron chi connectivity index (χ4n) is 1.98. The summed E-state index contributed by atoms with van der Waals surface area (Å²) in [5.74, 6) is 3.50. The molecule has 0 amide bonds. The number of rotatable bonds is 7. The summed E-state index contributed by atoms with van der Waals surface area (Å²) < 4.78 is 2.04. The van der Waals surface area contributed by atoms with Gasteiger partial charge in [-0.15, -0.1) is 22.0 Å². The molecule has 1 aromatic carbocycles. The normalized spacial score (nSPS) is 11.3. The molecule has 0 bridgehead atoms. The second kappa shape index (κ2) is 7.61. The van der Waals surface area contributed by atoms with Gasteiger partial charge in [0.2, 0.25) is 0 Å². The lowest BCUT2D eigenvalue weighted by Gasteiger charge is -2.09. The van der Waals surface area contributed by atoms with E-state index in [1.807, 2.05) is 18.5 Å². The third-order valence-corrected chi connectivity index (χ3v) is 4.32. The van der Waals surface area contributed by atoms with Crippen LogP contribution >= 0.6 is 11.8 Å². The van der Waals surface area contributed by atoms with Crippen molar-refractivity contribution in [2.24, 2.45) is 13.0 Å². The Morgan fingerprint density at radius 2 is 2.10 bits per heavy atom. The highest BCUT2D eigenvalue weighted by Gasteiger charge is 2.06. The van der Waals surface area contributed by atoms with Gasteiger partial charge in [-0.25, -0.2) is 0 Å². The Morgan fingerprint density at radius 1 is 1.29 bits per heavy atom. The number of hydrogen-bond acceptors (Lipinski definition) is 4. The van der Waals surface area contributed by atoms with Gasteiger partial charge in [0.25, 0.3) is 0 Å². The van der Waals surface area contributed by atoms with Crippen LogP contribution in [0.4, 0.5) is 0 Å². The summed E-state index contributed by atoms with van der Waals surface area (Å²) in [6, 6.07) is 8.70. The average molecular weight is 304 g/mol. The fraction of sp³-hybridized carbons (Fsp3) is 0.500. The van der Waals surface area contributed by atoms with E-state index in [0.717, 1.165) is 30.5 Å². The van der Waals surface area contributed by atoms with Crippen LogP contribution in [-0.4, -0.2) is 21.3 Å². The molecule has 0 aliphatic carbocycles. The Labute approximate surface area is 131 Å². The van der Waals surface area contributed by atoms with E-state index >= 15 is 0 Å². The van der Waals surface area contributed by atoms with Gasteiger partial charge >= 0.3 is 0 Å². The Kier molecular flexibility index (Phi) is 5.82. The lowest BCUT2D eigenvalue weighted by atomic mass is 10.2. The summed E-state index contributed by atoms with van der Waals surface area (Å²) in [5.41, 5.74) is 1.33. The number of thioether (sulfide) groups is 1. The van der Waals surface area contributed by atoms with Crippen molar-refractivity contribution in [1.82, 2.24) is 20.1 Å². The van der Waals surface area contributed by atoms with Crippen LogP contribution in [0.3, 0.4) is 0 Å². The zero-order valence-corrected chi connectivity index (χ0v) is 14.1. The Hall–Kier alpha value is -1.33. The van der Waals surface area contributed by atoms with Crippen LogP contribution in [-0.2, 0) is 19.3 Å². The van der Waals surface area contributed by atoms with Crippen molar-refractivity contribution >= 4 is 11.8 Å². The van der Waals surface area contributed by atoms with Crippen LogP contribution in [0.25, 0.3) is 0 Å². The molecule has 21 heavy (non-hydrogen) atoms. The molecule has 0 saturated heterocycles. The Bertz CT molecular complexity index is 577. The van der Waals surface area contributed by atoms with Crippen LogP contribution in [0.2, 0.25) is 0 Å². The van der Waals surface area contributed by atoms with E-state index < -0.39 is 0 Å². The molecule has 5 heteroatoms. The van der Waals surface area contributed by atoms with Crippen LogP contribution in [0, 0.1) is 12.8 Å². The molecule has 1 N–H and O–H groups in total. The monoisotopic (exact) mass is 304 g/mol. The minimum absolute atomic E-state index is 0.682. The zero-order chi connectivity index (χ0) is 15.2. The molecule has 0 spiro atoms. The molecular formula is C16H24N4S. The maximum absolute atomic E-state index is 4.20. The van der Waals surface area contributed by atoms with E-state index in [0.29, 0.717) is 5.92 Å². The molecule has 0 radical (unpaired) electrons. The second-order valence-corrected chi connectivity index (χ2v) is 6.73. The van der Waals surface area contributed by atoms with E-state index in [-0.39, 0.29) is 0 Å². The number of aryl methyl sites for hydroxylation is 1. The average Bonchev–Trinajstić information content (AvgIpc) is 2.77. The van der Waals surface area contributed by atoms with Crippen molar-refractivity contribution in [2.75, 3.05) is 6.54 Å². The topological polar surface area (TPSA) is 42.7 Å². The summed E-state index contributed by atoms with van der Waals surface area (Å²) >= 11 is 1.80. The number of aromatic nitrogens is 3. The van der Waals surface area contributed by atoms with E-state index in [4.69, 9.17) is 0 Å². The largest absolute Gasteiger partial charge is 0.318 e. The van der Waals surface area contributed by atoms with Gasteiger partial charge < -0.3 is 9.88 Å². The first kappa shape index (κ1) is 16.0. The predicted molar refractivity (Wildman–Crippen MR) is 88.3 cm³/mol. The third kappa shape index (κ3) is 4.86. The van der Waals surface area contributed by atoms with E-state index in [2.05, 4.69) is 53.6 Å². The molecule has 2 aromatic rings. The second-order valence-electron chi connectivity index (χ2n) is 5.68. The van der Waals surface area contributed by atoms with Crippen molar-refractivity contribution < 1.29 is 0 Å². The van der Waals surface area contributed by atoms with Crippen LogP contribution < -0.4 is 5.32 Å². The van der Waals surface area contributed by atoms with Gasteiger partial charge in [-0.05, 0) is 37.1 Å². The SMILES string of the molecule is Cc1nnc(CSc2cccc(CNCC(C)C)c2)n1C. The molecule has 1 aromatic heterocycles. The highest BCUT2D eigenvalue weighted by atomic mass is 32.2. The molecule has 0 saturated carbocycles. The number of nitrogens with one attached hydrogen (secondary N) is 1. The predicted octanol–water partition coefficient (Wildman–Crippen LogP) is 3.16. The van der Waals surface area contributed by atoms with E-state index in [1.165, 1.54) is 10.5 Å². The highest BCUT2D eigenvalue weighted by Crippen LogP contribution is 2.23. The van der Waals surface area contributed by atoms with Crippen molar-refractivity contribution in [3.63, 3.8) is 0 Å². The maximum atomic E-state index is 4.20. The summed E-state index contributed by atoms with van der Waals surface area (Å²) in [7, 11) is 2.01. The smallest absolute Gasteiger partial charge is 0.143 e. The number of benzene rings is 1. The van der Waals surface area contributed by atoms with Gasteiger partial charge in [-0.2, -0.15) is 0 Å².